The van der Waals surface area contributed by atoms with Crippen LogP contribution in [0, 0.1) is 0 Å². The van der Waals surface area contributed by atoms with Crippen molar-refractivity contribution in [1.82, 2.24) is 5.48 Å². The van der Waals surface area contributed by atoms with Crippen molar-refractivity contribution in [3.63, 3.8) is 0 Å². The molecule has 4 heteroatoms. The van der Waals surface area contributed by atoms with Crippen LogP contribution in [-0.4, -0.2) is 16.9 Å². The summed E-state index contributed by atoms with van der Waals surface area (Å²) >= 11 is 0. The van der Waals surface area contributed by atoms with E-state index in [-0.39, 0.29) is 5.78 Å². The fraction of sp³-hybridized carbons (Fsp3) is 0.100. The number of amides is 1. The monoisotopic (exact) mass is 321 g/mol. The van der Waals surface area contributed by atoms with Gasteiger partial charge in [0.2, 0.25) is 0 Å². The van der Waals surface area contributed by atoms with Gasteiger partial charge < -0.3 is 0 Å². The Bertz CT molecular complexity index is 731. The molecule has 2 aromatic rings. The van der Waals surface area contributed by atoms with E-state index in [0.29, 0.717) is 18.4 Å². The number of benzene rings is 2. The summed E-state index contributed by atoms with van der Waals surface area (Å²) in [6, 6.07) is 17.6. The molecule has 2 rings (SSSR count). The number of allylic oxidation sites excluding steroid dienone is 3. The maximum atomic E-state index is 12.1. The first-order valence-corrected chi connectivity index (χ1v) is 7.66. The summed E-state index contributed by atoms with van der Waals surface area (Å²) in [5.74, 6) is -0.509. The molecular formula is C20H19NO3. The fourth-order valence-electron chi connectivity index (χ4n) is 2.19. The number of rotatable bonds is 7. The Kier molecular flexibility index (Phi) is 6.68. The molecule has 0 fully saturated rings. The highest BCUT2D eigenvalue weighted by Crippen LogP contribution is 2.19. The highest BCUT2D eigenvalue weighted by atomic mass is 16.5. The van der Waals surface area contributed by atoms with Crippen LogP contribution in [-0.2, 0) is 4.79 Å². The van der Waals surface area contributed by atoms with E-state index in [1.807, 2.05) is 54.6 Å². The van der Waals surface area contributed by atoms with Gasteiger partial charge in [-0.2, -0.15) is 0 Å². The minimum absolute atomic E-state index is 0.0799. The van der Waals surface area contributed by atoms with Gasteiger partial charge in [0, 0.05) is 18.1 Å². The molecule has 0 spiro atoms. The topological polar surface area (TPSA) is 66.4 Å². The van der Waals surface area contributed by atoms with Crippen LogP contribution in [0.5, 0.6) is 0 Å². The van der Waals surface area contributed by atoms with E-state index < -0.39 is 5.91 Å². The molecule has 0 radical (unpaired) electrons. The van der Waals surface area contributed by atoms with Crippen LogP contribution >= 0.6 is 0 Å². The van der Waals surface area contributed by atoms with E-state index in [0.717, 1.165) is 11.1 Å². The lowest BCUT2D eigenvalue weighted by molar-refractivity contribution is -0.124. The lowest BCUT2D eigenvalue weighted by Crippen LogP contribution is -2.14. The van der Waals surface area contributed by atoms with Gasteiger partial charge in [0.1, 0.15) is 0 Å². The number of Topliss-reactive ketones (excluding diaryl/α,β-unsaturated/α-hetero) is 1. The number of carbonyl (C=O) groups is 2. The van der Waals surface area contributed by atoms with Crippen LogP contribution in [0.3, 0.4) is 0 Å². The first kappa shape index (κ1) is 17.4. The molecule has 0 aliphatic rings. The lowest BCUT2D eigenvalue weighted by Gasteiger charge is -2.03. The summed E-state index contributed by atoms with van der Waals surface area (Å²) in [6.45, 7) is 0. The Hall–Kier alpha value is -2.98. The quantitative estimate of drug-likeness (QED) is 0.267. The summed E-state index contributed by atoms with van der Waals surface area (Å²) < 4.78 is 0. The van der Waals surface area contributed by atoms with E-state index in [9.17, 15) is 9.59 Å². The molecule has 4 nitrogen and oxygen atoms in total. The van der Waals surface area contributed by atoms with Crippen molar-refractivity contribution in [3.8, 4) is 11.1 Å². The Morgan fingerprint density at radius 1 is 0.917 bits per heavy atom. The third kappa shape index (κ3) is 5.34. The van der Waals surface area contributed by atoms with E-state index >= 15 is 0 Å². The van der Waals surface area contributed by atoms with Crippen molar-refractivity contribution in [1.29, 1.82) is 0 Å². The van der Waals surface area contributed by atoms with Crippen molar-refractivity contribution < 1.29 is 14.8 Å². The van der Waals surface area contributed by atoms with Crippen LogP contribution in [0.2, 0.25) is 0 Å². The summed E-state index contributed by atoms with van der Waals surface area (Å²) in [6.07, 6.45) is 7.16. The molecule has 1 amide bonds. The number of hydrogen-bond acceptors (Lipinski definition) is 3. The molecule has 0 bridgehead atoms. The maximum absolute atomic E-state index is 12.1. The van der Waals surface area contributed by atoms with E-state index in [1.54, 1.807) is 12.2 Å². The molecule has 0 atom stereocenters. The zero-order valence-electron chi connectivity index (χ0n) is 13.2. The smallest absolute Gasteiger partial charge is 0.267 e. The maximum Gasteiger partial charge on any atom is 0.267 e. The Morgan fingerprint density at radius 3 is 2.25 bits per heavy atom. The molecule has 0 saturated carbocycles. The second-order valence-electron chi connectivity index (χ2n) is 5.17. The van der Waals surface area contributed by atoms with Crippen molar-refractivity contribution in [2.24, 2.45) is 0 Å². The van der Waals surface area contributed by atoms with Gasteiger partial charge in [-0.25, -0.2) is 5.48 Å². The average Bonchev–Trinajstić information content (AvgIpc) is 2.65. The zero-order chi connectivity index (χ0) is 17.2. The van der Waals surface area contributed by atoms with Crippen LogP contribution in [0.25, 0.3) is 11.1 Å². The number of ketones is 1. The number of hydroxylamine groups is 1. The van der Waals surface area contributed by atoms with Crippen LogP contribution < -0.4 is 5.48 Å². The molecule has 0 aromatic heterocycles. The van der Waals surface area contributed by atoms with Crippen molar-refractivity contribution in [2.75, 3.05) is 0 Å². The molecule has 2 N–H and O–H groups in total. The Labute approximate surface area is 141 Å². The van der Waals surface area contributed by atoms with Crippen LogP contribution in [0.1, 0.15) is 23.2 Å². The van der Waals surface area contributed by atoms with Gasteiger partial charge in [-0.3, -0.25) is 14.8 Å². The minimum atomic E-state index is -0.589. The van der Waals surface area contributed by atoms with Gasteiger partial charge >= 0.3 is 0 Å². The minimum Gasteiger partial charge on any atom is -0.294 e. The standard InChI is InChI=1S/C20H19NO3/c22-19(10-6-1-2-7-11-20(23)21-24)18-14-12-17(13-15-18)16-8-4-3-5-9-16/h1-5,7-9,11-15,24H,6,10H2,(H,21,23)/b2-1+,11-7+. The predicted molar refractivity (Wildman–Crippen MR) is 93.7 cm³/mol. The van der Waals surface area contributed by atoms with Gasteiger partial charge in [-0.15, -0.1) is 0 Å². The van der Waals surface area contributed by atoms with Crippen LogP contribution in [0.4, 0.5) is 0 Å². The highest BCUT2D eigenvalue weighted by molar-refractivity contribution is 5.96. The van der Waals surface area contributed by atoms with Gasteiger partial charge in [-0.05, 0) is 17.5 Å². The van der Waals surface area contributed by atoms with E-state index in [1.165, 1.54) is 17.6 Å². The second kappa shape index (κ2) is 9.22. The van der Waals surface area contributed by atoms with E-state index in [2.05, 4.69) is 0 Å². The van der Waals surface area contributed by atoms with Crippen LogP contribution in [0.15, 0.2) is 78.9 Å². The molecule has 2 aromatic carbocycles. The average molecular weight is 321 g/mol. The Morgan fingerprint density at radius 2 is 1.58 bits per heavy atom. The molecule has 24 heavy (non-hydrogen) atoms. The first-order chi connectivity index (χ1) is 11.7. The summed E-state index contributed by atoms with van der Waals surface area (Å²) in [5, 5.41) is 8.31. The molecule has 0 heterocycles. The summed E-state index contributed by atoms with van der Waals surface area (Å²) in [4.78, 5) is 22.9. The van der Waals surface area contributed by atoms with Crippen molar-refractivity contribution in [2.45, 2.75) is 12.8 Å². The van der Waals surface area contributed by atoms with Gasteiger partial charge in [-0.1, -0.05) is 72.8 Å². The van der Waals surface area contributed by atoms with Crippen molar-refractivity contribution >= 4 is 11.7 Å². The number of carbonyl (C=O) groups excluding carboxylic acids is 2. The first-order valence-electron chi connectivity index (χ1n) is 7.66. The third-order valence-corrected chi connectivity index (χ3v) is 3.46. The molecule has 0 aliphatic carbocycles. The molecular weight excluding hydrogens is 302 g/mol. The number of hydrogen-bond donors (Lipinski definition) is 2. The molecule has 0 aliphatic heterocycles. The predicted octanol–water partition coefficient (Wildman–Crippen LogP) is 3.93. The number of nitrogens with one attached hydrogen (secondary N) is 1. The normalized spacial score (nSPS) is 11.0. The molecule has 0 saturated heterocycles. The zero-order valence-corrected chi connectivity index (χ0v) is 13.2. The van der Waals surface area contributed by atoms with Gasteiger partial charge in [0.15, 0.2) is 5.78 Å². The second-order valence-corrected chi connectivity index (χ2v) is 5.17. The Balaban J connectivity index is 1.86. The summed E-state index contributed by atoms with van der Waals surface area (Å²) in [5.41, 5.74) is 4.40. The van der Waals surface area contributed by atoms with E-state index in [4.69, 9.17) is 5.21 Å². The third-order valence-electron chi connectivity index (χ3n) is 3.46. The SMILES string of the molecule is O=C(/C=C/C=C/CCC(=O)c1ccc(-c2ccccc2)cc1)NO. The highest BCUT2D eigenvalue weighted by Gasteiger charge is 2.05. The largest absolute Gasteiger partial charge is 0.294 e. The molecule has 0 unspecified atom stereocenters. The lowest BCUT2D eigenvalue weighted by atomic mass is 10.0. The van der Waals surface area contributed by atoms with Crippen molar-refractivity contribution in [3.05, 3.63) is 84.5 Å². The molecule has 122 valence electrons. The van der Waals surface area contributed by atoms with Gasteiger partial charge in [0.25, 0.3) is 5.91 Å². The summed E-state index contributed by atoms with van der Waals surface area (Å²) in [7, 11) is 0. The van der Waals surface area contributed by atoms with Gasteiger partial charge in [0.05, 0.1) is 0 Å². The fourth-order valence-corrected chi connectivity index (χ4v) is 2.19.